The Bertz CT molecular complexity index is 1540. The molecule has 9 nitrogen and oxygen atoms in total. The molecule has 2 aromatic carbocycles. The van der Waals surface area contributed by atoms with Crippen LogP contribution in [0.15, 0.2) is 58.4 Å². The van der Waals surface area contributed by atoms with Gasteiger partial charge in [0.15, 0.2) is 0 Å². The van der Waals surface area contributed by atoms with Crippen LogP contribution in [0.4, 0.5) is 11.4 Å². The number of esters is 1. The summed E-state index contributed by atoms with van der Waals surface area (Å²) < 4.78 is 6.40. The van der Waals surface area contributed by atoms with Gasteiger partial charge in [-0.25, -0.2) is 9.69 Å². The second-order valence-electron chi connectivity index (χ2n) is 10.0. The monoisotopic (exact) mass is 565 g/mol. The first-order chi connectivity index (χ1) is 18.5. The Kier molecular flexibility index (Phi) is 6.98. The van der Waals surface area contributed by atoms with Crippen LogP contribution in [0.25, 0.3) is 0 Å². The van der Waals surface area contributed by atoms with Crippen LogP contribution in [0.3, 0.4) is 0 Å². The minimum Gasteiger partial charge on any atom is -0.462 e. The molecule has 202 valence electrons. The second-order valence-corrected chi connectivity index (χ2v) is 12.1. The molecule has 3 heterocycles. The smallest absolute Gasteiger partial charge is 0.338 e. The molecule has 1 saturated heterocycles. The van der Waals surface area contributed by atoms with Gasteiger partial charge in [-0.05, 0) is 50.2 Å². The van der Waals surface area contributed by atoms with Crippen LogP contribution in [-0.2, 0) is 31.1 Å². The van der Waals surface area contributed by atoms with E-state index >= 15 is 0 Å². The maximum absolute atomic E-state index is 13.6. The van der Waals surface area contributed by atoms with Gasteiger partial charge in [-0.3, -0.25) is 23.7 Å². The molecule has 5 rings (SSSR count). The number of benzene rings is 2. The first kappa shape index (κ1) is 26.9. The fourth-order valence-electron chi connectivity index (χ4n) is 4.96. The fourth-order valence-corrected chi connectivity index (χ4v) is 8.00. The van der Waals surface area contributed by atoms with E-state index < -0.39 is 28.5 Å². The maximum Gasteiger partial charge on any atom is 0.338 e. The lowest BCUT2D eigenvalue weighted by Crippen LogP contribution is -2.41. The summed E-state index contributed by atoms with van der Waals surface area (Å²) in [6, 6.07) is 13.5. The number of anilines is 2. The van der Waals surface area contributed by atoms with Crippen molar-refractivity contribution >= 4 is 58.2 Å². The molecule has 3 aromatic rings. The molecule has 0 radical (unpaired) electrons. The lowest BCUT2D eigenvalue weighted by atomic mass is 9.76. The zero-order chi connectivity index (χ0) is 28.1. The number of aromatic nitrogens is 1. The number of imide groups is 1. The van der Waals surface area contributed by atoms with Crippen molar-refractivity contribution in [3.8, 4) is 0 Å². The number of hydrogen-bond donors (Lipinski definition) is 1. The number of carbonyl (C=O) groups is 4. The van der Waals surface area contributed by atoms with Crippen LogP contribution in [0.5, 0.6) is 0 Å². The standard InChI is InChI=1S/C28H27N3O6S2/c1-5-37-26(35)16-8-12-18(13-9-16)31-23(33)20-21(24(31)34)38-25-22(28(20,3)4)39-27(36)30(25)14-19(32)29-17-10-6-15(2)7-11-17/h6-13,20-21H,5,14H2,1-4H3,(H,29,32). The van der Waals surface area contributed by atoms with Crippen molar-refractivity contribution in [2.75, 3.05) is 16.8 Å². The molecule has 2 unspecified atom stereocenters. The van der Waals surface area contributed by atoms with Crippen LogP contribution < -0.4 is 15.1 Å². The van der Waals surface area contributed by atoms with Gasteiger partial charge < -0.3 is 10.1 Å². The molecule has 0 saturated carbocycles. The van der Waals surface area contributed by atoms with Crippen molar-refractivity contribution < 1.29 is 23.9 Å². The summed E-state index contributed by atoms with van der Waals surface area (Å²) in [6.07, 6.45) is 0. The van der Waals surface area contributed by atoms with Crippen molar-refractivity contribution in [3.63, 3.8) is 0 Å². The number of rotatable bonds is 6. The average Bonchev–Trinajstić information content (AvgIpc) is 3.34. The third-order valence-electron chi connectivity index (χ3n) is 6.98. The van der Waals surface area contributed by atoms with E-state index in [0.717, 1.165) is 33.6 Å². The van der Waals surface area contributed by atoms with Crippen LogP contribution in [0, 0.1) is 12.8 Å². The quantitative estimate of drug-likeness (QED) is 0.355. The highest BCUT2D eigenvalue weighted by Gasteiger charge is 2.59. The first-order valence-corrected chi connectivity index (χ1v) is 14.1. The highest BCUT2D eigenvalue weighted by molar-refractivity contribution is 8.00. The summed E-state index contributed by atoms with van der Waals surface area (Å²) in [7, 11) is 0. The number of thiazole rings is 1. The molecular weight excluding hydrogens is 538 g/mol. The Balaban J connectivity index is 1.42. The number of nitrogens with zero attached hydrogens (tertiary/aromatic N) is 2. The Hall–Kier alpha value is -3.70. The molecule has 3 amide bonds. The van der Waals surface area contributed by atoms with Gasteiger partial charge in [0.05, 0.1) is 28.8 Å². The SMILES string of the molecule is CCOC(=O)c1ccc(N2C(=O)C3Sc4c(sc(=O)n4CC(=O)Nc4ccc(C)cc4)C(C)(C)C3C2=O)cc1. The van der Waals surface area contributed by atoms with E-state index in [9.17, 15) is 24.0 Å². The lowest BCUT2D eigenvalue weighted by molar-refractivity contribution is -0.123. The highest BCUT2D eigenvalue weighted by Crippen LogP contribution is 2.54. The molecule has 2 aliphatic rings. The third-order valence-corrected chi connectivity index (χ3v) is 9.80. The molecule has 2 atom stereocenters. The van der Waals surface area contributed by atoms with Crippen molar-refractivity contribution in [3.05, 3.63) is 74.2 Å². The number of hydrogen-bond acceptors (Lipinski definition) is 8. The number of amides is 3. The van der Waals surface area contributed by atoms with Gasteiger partial charge in [-0.2, -0.15) is 0 Å². The third kappa shape index (κ3) is 4.70. The first-order valence-electron chi connectivity index (χ1n) is 12.4. The van der Waals surface area contributed by atoms with Crippen molar-refractivity contribution in [1.29, 1.82) is 0 Å². The molecule has 1 N–H and O–H groups in total. The van der Waals surface area contributed by atoms with E-state index in [-0.39, 0.29) is 29.8 Å². The largest absolute Gasteiger partial charge is 0.462 e. The zero-order valence-electron chi connectivity index (χ0n) is 21.8. The summed E-state index contributed by atoms with van der Waals surface area (Å²) in [5.74, 6) is -2.30. The topological polar surface area (TPSA) is 115 Å². The van der Waals surface area contributed by atoms with Gasteiger partial charge in [0.1, 0.15) is 11.8 Å². The van der Waals surface area contributed by atoms with E-state index in [1.54, 1.807) is 31.2 Å². The van der Waals surface area contributed by atoms with Gasteiger partial charge in [0.2, 0.25) is 17.7 Å². The van der Waals surface area contributed by atoms with Crippen molar-refractivity contribution in [1.82, 2.24) is 4.57 Å². The van der Waals surface area contributed by atoms with E-state index in [1.807, 2.05) is 32.9 Å². The number of aryl methyl sites for hydroxylation is 1. The van der Waals surface area contributed by atoms with Crippen LogP contribution >= 0.6 is 23.1 Å². The molecule has 1 aromatic heterocycles. The summed E-state index contributed by atoms with van der Waals surface area (Å²) in [4.78, 5) is 66.6. The molecule has 1 fully saturated rings. The Morgan fingerprint density at radius 2 is 1.67 bits per heavy atom. The average molecular weight is 566 g/mol. The molecule has 0 spiro atoms. The Labute approximate surface area is 233 Å². The zero-order valence-corrected chi connectivity index (χ0v) is 23.5. The van der Waals surface area contributed by atoms with Gasteiger partial charge in [-0.15, -0.1) is 0 Å². The predicted molar refractivity (Wildman–Crippen MR) is 149 cm³/mol. The van der Waals surface area contributed by atoms with Crippen LogP contribution in [0.1, 0.15) is 41.6 Å². The van der Waals surface area contributed by atoms with Crippen LogP contribution in [-0.4, -0.2) is 40.1 Å². The van der Waals surface area contributed by atoms with E-state index in [0.29, 0.717) is 26.8 Å². The molecule has 39 heavy (non-hydrogen) atoms. The molecule has 0 bridgehead atoms. The number of carbonyl (C=O) groups excluding carboxylic acids is 4. The molecule has 0 aliphatic carbocycles. The number of fused-ring (bicyclic) bond motifs is 2. The van der Waals surface area contributed by atoms with Gasteiger partial charge >= 0.3 is 10.8 Å². The van der Waals surface area contributed by atoms with Crippen molar-refractivity contribution in [2.45, 2.75) is 49.9 Å². The van der Waals surface area contributed by atoms with Gasteiger partial charge in [0, 0.05) is 16.0 Å². The summed E-state index contributed by atoms with van der Waals surface area (Å²) >= 11 is 2.17. The minimum absolute atomic E-state index is 0.208. The maximum atomic E-state index is 13.6. The van der Waals surface area contributed by atoms with Gasteiger partial charge in [0.25, 0.3) is 0 Å². The van der Waals surface area contributed by atoms with E-state index in [1.165, 1.54) is 16.7 Å². The Morgan fingerprint density at radius 3 is 2.31 bits per heavy atom. The van der Waals surface area contributed by atoms with Gasteiger partial charge in [-0.1, -0.05) is 54.6 Å². The lowest BCUT2D eigenvalue weighted by Gasteiger charge is -2.36. The van der Waals surface area contributed by atoms with Crippen molar-refractivity contribution in [2.24, 2.45) is 5.92 Å². The van der Waals surface area contributed by atoms with Crippen LogP contribution in [0.2, 0.25) is 0 Å². The molecule has 11 heteroatoms. The molecular formula is C28H27N3O6S2. The van der Waals surface area contributed by atoms with E-state index in [4.69, 9.17) is 4.74 Å². The normalized spacial score (nSPS) is 19.4. The Morgan fingerprint density at radius 1 is 1.00 bits per heavy atom. The second kappa shape index (κ2) is 10.1. The number of thioether (sulfide) groups is 1. The summed E-state index contributed by atoms with van der Waals surface area (Å²) in [5.41, 5.74) is 1.55. The minimum atomic E-state index is -0.819. The fraction of sp³-hybridized carbons (Fsp3) is 0.321. The number of nitrogens with one attached hydrogen (secondary N) is 1. The summed E-state index contributed by atoms with van der Waals surface area (Å²) in [5, 5.41) is 2.59. The summed E-state index contributed by atoms with van der Waals surface area (Å²) in [6.45, 7) is 7.40. The number of ether oxygens (including phenoxy) is 1. The van der Waals surface area contributed by atoms with E-state index in [2.05, 4.69) is 5.32 Å². The highest BCUT2D eigenvalue weighted by atomic mass is 32.2. The molecule has 2 aliphatic heterocycles. The predicted octanol–water partition coefficient (Wildman–Crippen LogP) is 3.98.